The molecule has 3 aromatic rings. The maximum Gasteiger partial charge on any atom is 0.256 e. The van der Waals surface area contributed by atoms with E-state index in [-0.39, 0.29) is 17.3 Å². The smallest absolute Gasteiger partial charge is 0.256 e. The second kappa shape index (κ2) is 8.52. The largest absolute Gasteiger partial charge is 0.345 e. The number of hydrogen-bond donors (Lipinski definition) is 1. The molecule has 3 aromatic carbocycles. The van der Waals surface area contributed by atoms with Crippen LogP contribution in [0.25, 0.3) is 0 Å². The monoisotopic (exact) mass is 386 g/mol. The van der Waals surface area contributed by atoms with Crippen LogP contribution in [0.2, 0.25) is 0 Å². The molecule has 0 aliphatic carbocycles. The molecule has 0 fully saturated rings. The van der Waals surface area contributed by atoms with Crippen LogP contribution in [0.1, 0.15) is 42.2 Å². The minimum absolute atomic E-state index is 0.156. The molecule has 0 heterocycles. The molecule has 0 aliphatic rings. The van der Waals surface area contributed by atoms with Crippen molar-refractivity contribution in [3.63, 3.8) is 0 Å². The van der Waals surface area contributed by atoms with Crippen LogP contribution < -0.4 is 5.32 Å². The Balaban J connectivity index is 1.88. The van der Waals surface area contributed by atoms with Crippen LogP contribution in [0.15, 0.2) is 72.8 Å². The van der Waals surface area contributed by atoms with Gasteiger partial charge in [0, 0.05) is 36.5 Å². The van der Waals surface area contributed by atoms with Crippen molar-refractivity contribution in [2.75, 3.05) is 19.4 Å². The third-order valence-electron chi connectivity index (χ3n) is 4.50. The summed E-state index contributed by atoms with van der Waals surface area (Å²) in [6.45, 7) is 1.95. The second-order valence-corrected chi connectivity index (χ2v) is 6.98. The molecule has 1 N–H and O–H groups in total. The van der Waals surface area contributed by atoms with Crippen LogP contribution in [0.3, 0.4) is 0 Å². The number of rotatable bonds is 5. The Morgan fingerprint density at radius 2 is 1.41 bits per heavy atom. The van der Waals surface area contributed by atoms with Crippen LogP contribution in [0.4, 0.5) is 5.69 Å². The van der Waals surface area contributed by atoms with E-state index in [1.54, 1.807) is 74.8 Å². The first-order valence-corrected chi connectivity index (χ1v) is 9.20. The van der Waals surface area contributed by atoms with Crippen molar-refractivity contribution in [1.29, 1.82) is 0 Å². The zero-order valence-corrected chi connectivity index (χ0v) is 16.6. The quantitative estimate of drug-likeness (QED) is 0.669. The minimum Gasteiger partial charge on any atom is -0.345 e. The van der Waals surface area contributed by atoms with Crippen molar-refractivity contribution in [2.45, 2.75) is 6.92 Å². The predicted octanol–water partition coefficient (Wildman–Crippen LogP) is 4.18. The van der Waals surface area contributed by atoms with Crippen LogP contribution in [-0.2, 0) is 0 Å². The van der Waals surface area contributed by atoms with Gasteiger partial charge in [0.15, 0.2) is 5.78 Å². The van der Waals surface area contributed by atoms with Crippen molar-refractivity contribution >= 4 is 23.3 Å². The molecule has 0 saturated carbocycles. The highest BCUT2D eigenvalue weighted by Crippen LogP contribution is 2.18. The lowest BCUT2D eigenvalue weighted by Gasteiger charge is -2.13. The lowest BCUT2D eigenvalue weighted by molar-refractivity contribution is 0.0827. The fourth-order valence-electron chi connectivity index (χ4n) is 2.93. The van der Waals surface area contributed by atoms with E-state index in [0.717, 1.165) is 5.56 Å². The molecule has 0 unspecified atom stereocenters. The Labute approximate surface area is 170 Å². The Morgan fingerprint density at radius 3 is 2.07 bits per heavy atom. The summed E-state index contributed by atoms with van der Waals surface area (Å²) in [5.74, 6) is -0.779. The van der Waals surface area contributed by atoms with E-state index in [1.165, 1.54) is 4.90 Å². The Kier molecular flexibility index (Phi) is 5.88. The third kappa shape index (κ3) is 4.58. The summed E-state index contributed by atoms with van der Waals surface area (Å²) in [5, 5.41) is 2.79. The number of carbonyl (C=O) groups is 3. The Morgan fingerprint density at radius 1 is 0.759 bits per heavy atom. The molecule has 0 aromatic heterocycles. The van der Waals surface area contributed by atoms with Gasteiger partial charge in [0.1, 0.15) is 0 Å². The number of ketones is 1. The molecule has 3 rings (SSSR count). The average Bonchev–Trinajstić information content (AvgIpc) is 2.73. The maximum absolute atomic E-state index is 12.9. The second-order valence-electron chi connectivity index (χ2n) is 6.98. The van der Waals surface area contributed by atoms with E-state index in [0.29, 0.717) is 22.4 Å². The van der Waals surface area contributed by atoms with Crippen molar-refractivity contribution < 1.29 is 14.4 Å². The van der Waals surface area contributed by atoms with Gasteiger partial charge in [-0.2, -0.15) is 0 Å². The summed E-state index contributed by atoms with van der Waals surface area (Å²) < 4.78 is 0. The van der Waals surface area contributed by atoms with Gasteiger partial charge >= 0.3 is 0 Å². The van der Waals surface area contributed by atoms with Gasteiger partial charge in [-0.1, -0.05) is 54.1 Å². The lowest BCUT2D eigenvalue weighted by Crippen LogP contribution is -2.22. The number of amides is 2. The third-order valence-corrected chi connectivity index (χ3v) is 4.50. The standard InChI is InChI=1S/C24H22N2O3/c1-16-11-13-17(14-12-16)22(27)20-9-4-5-10-21(20)23(28)25-19-8-6-7-18(15-19)24(29)26(2)3/h4-15H,1-3H3,(H,25,28). The van der Waals surface area contributed by atoms with Crippen LogP contribution in [-0.4, -0.2) is 36.6 Å². The zero-order chi connectivity index (χ0) is 21.0. The van der Waals surface area contributed by atoms with Gasteiger partial charge < -0.3 is 10.2 Å². The molecular weight excluding hydrogens is 364 g/mol. The number of carbonyl (C=O) groups excluding carboxylic acids is 3. The predicted molar refractivity (Wildman–Crippen MR) is 113 cm³/mol. The molecule has 146 valence electrons. The lowest BCUT2D eigenvalue weighted by atomic mass is 9.97. The van der Waals surface area contributed by atoms with Gasteiger partial charge in [-0.25, -0.2) is 0 Å². The van der Waals surface area contributed by atoms with Crippen molar-refractivity contribution in [3.05, 3.63) is 101 Å². The summed E-state index contributed by atoms with van der Waals surface area (Å²) >= 11 is 0. The fraction of sp³-hybridized carbons (Fsp3) is 0.125. The Bertz CT molecular complexity index is 1070. The number of anilines is 1. The molecule has 0 aliphatic heterocycles. The molecule has 2 amide bonds. The number of hydrogen-bond acceptors (Lipinski definition) is 3. The Hall–Kier alpha value is -3.73. The summed E-state index contributed by atoms with van der Waals surface area (Å²) in [6, 6.07) is 20.6. The first kappa shape index (κ1) is 20.0. The zero-order valence-electron chi connectivity index (χ0n) is 16.6. The molecular formula is C24H22N2O3. The highest BCUT2D eigenvalue weighted by atomic mass is 16.2. The van der Waals surface area contributed by atoms with Crippen molar-refractivity contribution in [2.24, 2.45) is 0 Å². The minimum atomic E-state index is -0.407. The van der Waals surface area contributed by atoms with Gasteiger partial charge in [0.25, 0.3) is 11.8 Å². The van der Waals surface area contributed by atoms with Crippen LogP contribution >= 0.6 is 0 Å². The SMILES string of the molecule is Cc1ccc(C(=O)c2ccccc2C(=O)Nc2cccc(C(=O)N(C)C)c2)cc1. The summed E-state index contributed by atoms with van der Waals surface area (Å²) in [7, 11) is 3.33. The summed E-state index contributed by atoms with van der Waals surface area (Å²) in [6.07, 6.45) is 0. The highest BCUT2D eigenvalue weighted by molar-refractivity contribution is 6.17. The van der Waals surface area contributed by atoms with Gasteiger partial charge in [-0.15, -0.1) is 0 Å². The number of nitrogens with one attached hydrogen (secondary N) is 1. The van der Waals surface area contributed by atoms with Crippen LogP contribution in [0, 0.1) is 6.92 Å². The molecule has 29 heavy (non-hydrogen) atoms. The van der Waals surface area contributed by atoms with E-state index >= 15 is 0 Å². The van der Waals surface area contributed by atoms with Crippen LogP contribution in [0.5, 0.6) is 0 Å². The summed E-state index contributed by atoms with van der Waals surface area (Å²) in [5.41, 5.74) is 3.14. The molecule has 0 radical (unpaired) electrons. The highest BCUT2D eigenvalue weighted by Gasteiger charge is 2.18. The summed E-state index contributed by atoms with van der Waals surface area (Å²) in [4.78, 5) is 39.4. The molecule has 5 nitrogen and oxygen atoms in total. The average molecular weight is 386 g/mol. The normalized spacial score (nSPS) is 10.3. The van der Waals surface area contributed by atoms with E-state index in [1.807, 2.05) is 19.1 Å². The van der Waals surface area contributed by atoms with E-state index in [4.69, 9.17) is 0 Å². The number of nitrogens with zero attached hydrogens (tertiary/aromatic N) is 1. The van der Waals surface area contributed by atoms with E-state index in [2.05, 4.69) is 5.32 Å². The molecule has 0 bridgehead atoms. The first-order valence-electron chi connectivity index (χ1n) is 9.20. The first-order chi connectivity index (χ1) is 13.9. The van der Waals surface area contributed by atoms with E-state index < -0.39 is 5.91 Å². The molecule has 0 saturated heterocycles. The topological polar surface area (TPSA) is 66.5 Å². The van der Waals surface area contributed by atoms with E-state index in [9.17, 15) is 14.4 Å². The van der Waals surface area contributed by atoms with Crippen molar-refractivity contribution in [1.82, 2.24) is 4.90 Å². The van der Waals surface area contributed by atoms with Gasteiger partial charge in [0.05, 0.1) is 5.56 Å². The molecule has 0 spiro atoms. The maximum atomic E-state index is 12.9. The number of aryl methyl sites for hydroxylation is 1. The van der Waals surface area contributed by atoms with Gasteiger partial charge in [-0.05, 0) is 31.2 Å². The molecule has 0 atom stereocenters. The van der Waals surface area contributed by atoms with Crippen molar-refractivity contribution in [3.8, 4) is 0 Å². The fourth-order valence-corrected chi connectivity index (χ4v) is 2.93. The van der Waals surface area contributed by atoms with Gasteiger partial charge in [-0.3, -0.25) is 14.4 Å². The van der Waals surface area contributed by atoms with Gasteiger partial charge in [0.2, 0.25) is 0 Å². The number of benzene rings is 3. The molecule has 5 heteroatoms.